The number of aliphatic hydroxyl groups is 2. The van der Waals surface area contributed by atoms with Crippen LogP contribution in [0.3, 0.4) is 0 Å². The molecule has 6 nitrogen and oxygen atoms in total. The zero-order chi connectivity index (χ0) is 10.9. The predicted molar refractivity (Wildman–Crippen MR) is 47.7 cm³/mol. The maximum atomic E-state index is 11.7. The van der Waals surface area contributed by atoms with Crippen LogP contribution in [0.4, 0.5) is 0 Å². The fourth-order valence-electron chi connectivity index (χ4n) is 1.65. The average Bonchev–Trinajstić information content (AvgIpc) is 2.34. The molecule has 1 aliphatic heterocycles. The van der Waals surface area contributed by atoms with Gasteiger partial charge >= 0.3 is 0 Å². The predicted octanol–water partition coefficient (Wildman–Crippen LogP) is -1.26. The number of methoxy groups -OCH3 is 1. The van der Waals surface area contributed by atoms with Crippen molar-refractivity contribution in [3.05, 3.63) is 0 Å². The van der Waals surface area contributed by atoms with E-state index in [0.717, 1.165) is 4.90 Å². The molecule has 14 heavy (non-hydrogen) atoms. The Morgan fingerprint density at radius 3 is 2.36 bits per heavy atom. The fourth-order valence-corrected chi connectivity index (χ4v) is 1.65. The van der Waals surface area contributed by atoms with Crippen molar-refractivity contribution in [1.82, 2.24) is 9.80 Å². The molecule has 1 atom stereocenters. The lowest BCUT2D eigenvalue weighted by molar-refractivity contribution is -0.153. The van der Waals surface area contributed by atoms with E-state index in [2.05, 4.69) is 0 Å². The highest BCUT2D eigenvalue weighted by Crippen LogP contribution is 2.29. The lowest BCUT2D eigenvalue weighted by atomic mass is 10.1. The van der Waals surface area contributed by atoms with E-state index < -0.39 is 18.6 Å². The van der Waals surface area contributed by atoms with Gasteiger partial charge in [0.1, 0.15) is 19.0 Å². The Bertz CT molecular complexity index is 231. The molecule has 6 heteroatoms. The second-order valence-electron chi connectivity index (χ2n) is 3.65. The fraction of sp³-hybridized carbons (Fsp3) is 0.875. The zero-order valence-electron chi connectivity index (χ0n) is 8.60. The van der Waals surface area contributed by atoms with Crippen molar-refractivity contribution in [1.29, 1.82) is 0 Å². The Morgan fingerprint density at radius 2 is 2.00 bits per heavy atom. The summed E-state index contributed by atoms with van der Waals surface area (Å²) in [6, 6.07) is 0. The molecule has 0 aliphatic carbocycles. The molecule has 0 aromatic rings. The summed E-state index contributed by atoms with van der Waals surface area (Å²) < 4.78 is 5.04. The Labute approximate surface area is 82.7 Å². The highest BCUT2D eigenvalue weighted by molar-refractivity contribution is 5.87. The molecule has 0 aromatic carbocycles. The van der Waals surface area contributed by atoms with Gasteiger partial charge in [0, 0.05) is 7.11 Å². The van der Waals surface area contributed by atoms with E-state index in [9.17, 15) is 4.79 Å². The summed E-state index contributed by atoms with van der Waals surface area (Å²) >= 11 is 0. The molecule has 0 aromatic heterocycles. The molecule has 0 spiro atoms. The molecule has 0 saturated carbocycles. The maximum absolute atomic E-state index is 11.7. The molecule has 0 radical (unpaired) electrons. The molecule has 1 unspecified atom stereocenters. The number of carbonyl (C=O) groups excluding carboxylic acids is 1. The number of hydrogen-bond donors (Lipinski definition) is 2. The molecule has 1 fully saturated rings. The van der Waals surface area contributed by atoms with Gasteiger partial charge in [-0.3, -0.25) is 9.69 Å². The van der Waals surface area contributed by atoms with Crippen LogP contribution in [0.2, 0.25) is 0 Å². The summed E-state index contributed by atoms with van der Waals surface area (Å²) in [5, 5.41) is 18.1. The minimum atomic E-state index is -0.849. The number of carbonyl (C=O) groups is 1. The van der Waals surface area contributed by atoms with Gasteiger partial charge in [-0.15, -0.1) is 0 Å². The van der Waals surface area contributed by atoms with E-state index >= 15 is 0 Å². The Balaban J connectivity index is 3.00. The first-order valence-corrected chi connectivity index (χ1v) is 4.33. The van der Waals surface area contributed by atoms with Crippen molar-refractivity contribution < 1.29 is 19.7 Å². The SMILES string of the molecule is COC1N(CO)C(=O)C(C)(C)N1CO. The molecule has 82 valence electrons. The van der Waals surface area contributed by atoms with Crippen LogP contribution < -0.4 is 0 Å². The van der Waals surface area contributed by atoms with Crippen molar-refractivity contribution in [3.63, 3.8) is 0 Å². The Kier molecular flexibility index (Phi) is 3.10. The first kappa shape index (κ1) is 11.4. The number of nitrogens with zero attached hydrogens (tertiary/aromatic N) is 2. The summed E-state index contributed by atoms with van der Waals surface area (Å²) in [7, 11) is 1.42. The average molecular weight is 204 g/mol. The molecule has 1 rings (SSSR count). The van der Waals surface area contributed by atoms with Crippen molar-refractivity contribution in [2.75, 3.05) is 20.6 Å². The highest BCUT2D eigenvalue weighted by atomic mass is 16.5. The third-order valence-corrected chi connectivity index (χ3v) is 2.55. The number of ether oxygens (including phenoxy) is 1. The van der Waals surface area contributed by atoms with Gasteiger partial charge in [0.2, 0.25) is 5.91 Å². The first-order chi connectivity index (χ1) is 6.50. The van der Waals surface area contributed by atoms with Crippen LogP contribution in [0.15, 0.2) is 0 Å². The minimum absolute atomic E-state index is 0.263. The Morgan fingerprint density at radius 1 is 1.43 bits per heavy atom. The summed E-state index contributed by atoms with van der Waals surface area (Å²) in [6.07, 6.45) is -0.701. The van der Waals surface area contributed by atoms with Gasteiger partial charge in [0.15, 0.2) is 6.35 Å². The standard InChI is InChI=1S/C8H16N2O4/c1-8(2)6(13)9(4-11)7(14-3)10(8)5-12/h7,11-12H,4-5H2,1-3H3. The van der Waals surface area contributed by atoms with E-state index in [4.69, 9.17) is 14.9 Å². The monoisotopic (exact) mass is 204 g/mol. The van der Waals surface area contributed by atoms with Gasteiger partial charge in [-0.2, -0.15) is 0 Å². The number of amides is 1. The van der Waals surface area contributed by atoms with E-state index in [-0.39, 0.29) is 12.6 Å². The van der Waals surface area contributed by atoms with E-state index in [1.54, 1.807) is 13.8 Å². The zero-order valence-corrected chi connectivity index (χ0v) is 8.60. The molecule has 1 amide bonds. The largest absolute Gasteiger partial charge is 0.381 e. The molecule has 1 aliphatic rings. The van der Waals surface area contributed by atoms with Gasteiger partial charge in [0.05, 0.1) is 0 Å². The van der Waals surface area contributed by atoms with Crippen LogP contribution in [0.1, 0.15) is 13.8 Å². The van der Waals surface area contributed by atoms with Crippen molar-refractivity contribution >= 4 is 5.91 Å². The van der Waals surface area contributed by atoms with Crippen molar-refractivity contribution in [3.8, 4) is 0 Å². The van der Waals surface area contributed by atoms with Crippen molar-refractivity contribution in [2.24, 2.45) is 0 Å². The van der Waals surface area contributed by atoms with Crippen LogP contribution in [0.25, 0.3) is 0 Å². The van der Waals surface area contributed by atoms with Crippen molar-refractivity contribution in [2.45, 2.75) is 25.7 Å². The van der Waals surface area contributed by atoms with Crippen LogP contribution in [-0.2, 0) is 9.53 Å². The summed E-state index contributed by atoms with van der Waals surface area (Å²) in [5.41, 5.74) is -0.849. The summed E-state index contributed by atoms with van der Waals surface area (Å²) in [4.78, 5) is 14.4. The van der Waals surface area contributed by atoms with Gasteiger partial charge in [-0.05, 0) is 13.8 Å². The maximum Gasteiger partial charge on any atom is 0.247 e. The first-order valence-electron chi connectivity index (χ1n) is 4.33. The van der Waals surface area contributed by atoms with Gasteiger partial charge < -0.3 is 14.9 Å². The second kappa shape index (κ2) is 3.82. The quantitative estimate of drug-likeness (QED) is 0.600. The number of rotatable bonds is 3. The third kappa shape index (κ3) is 1.40. The van der Waals surface area contributed by atoms with Crippen LogP contribution in [0, 0.1) is 0 Å². The number of aliphatic hydroxyl groups excluding tert-OH is 2. The highest BCUT2D eigenvalue weighted by Gasteiger charge is 2.51. The van der Waals surface area contributed by atoms with Gasteiger partial charge in [-0.1, -0.05) is 0 Å². The third-order valence-electron chi connectivity index (χ3n) is 2.55. The number of hydrogen-bond acceptors (Lipinski definition) is 5. The lowest BCUT2D eigenvalue weighted by Crippen LogP contribution is -2.47. The summed E-state index contributed by atoms with van der Waals surface area (Å²) in [6.45, 7) is 2.63. The lowest BCUT2D eigenvalue weighted by Gasteiger charge is -2.29. The van der Waals surface area contributed by atoms with Crippen LogP contribution in [-0.4, -0.2) is 58.4 Å². The van der Waals surface area contributed by atoms with Gasteiger partial charge in [0.25, 0.3) is 0 Å². The topological polar surface area (TPSA) is 73.2 Å². The molecule has 1 saturated heterocycles. The van der Waals surface area contributed by atoms with Crippen LogP contribution in [0.5, 0.6) is 0 Å². The Hall–Kier alpha value is -0.690. The molecular weight excluding hydrogens is 188 g/mol. The molecule has 1 heterocycles. The molecule has 0 bridgehead atoms. The normalized spacial score (nSPS) is 27.4. The molecular formula is C8H16N2O4. The van der Waals surface area contributed by atoms with E-state index in [0.29, 0.717) is 0 Å². The minimum Gasteiger partial charge on any atom is -0.381 e. The summed E-state index contributed by atoms with van der Waals surface area (Å²) in [5.74, 6) is -0.263. The van der Waals surface area contributed by atoms with Gasteiger partial charge in [-0.25, -0.2) is 4.90 Å². The van der Waals surface area contributed by atoms with Crippen LogP contribution >= 0.6 is 0 Å². The molecule has 2 N–H and O–H groups in total. The van der Waals surface area contributed by atoms with E-state index in [1.807, 2.05) is 0 Å². The second-order valence-corrected chi connectivity index (χ2v) is 3.65. The van der Waals surface area contributed by atoms with E-state index in [1.165, 1.54) is 12.0 Å². The smallest absolute Gasteiger partial charge is 0.247 e.